The summed E-state index contributed by atoms with van der Waals surface area (Å²) in [5.41, 5.74) is 10.2. The highest BCUT2D eigenvalue weighted by Crippen LogP contribution is 2.15. The Morgan fingerprint density at radius 3 is 0.627 bits per heavy atom. The molecule has 0 aromatic heterocycles. The van der Waals surface area contributed by atoms with E-state index in [1.54, 1.807) is 0 Å². The molecule has 0 saturated carbocycles. The minimum atomic E-state index is -1.24. The molecule has 0 unspecified atom stereocenters. The van der Waals surface area contributed by atoms with Gasteiger partial charge in [0.2, 0.25) is 11.8 Å². The Kier molecular flexibility index (Phi) is 51.9. The smallest absolute Gasteiger partial charge is 0.317 e. The first-order chi connectivity index (χ1) is 32.0. The van der Waals surface area contributed by atoms with Gasteiger partial charge in [-0.1, -0.05) is 194 Å². The Bertz CT molecular complexity index is 1130. The molecule has 0 radical (unpaired) electrons. The summed E-state index contributed by atoms with van der Waals surface area (Å²) in [6.45, 7) is 1.82. The van der Waals surface area contributed by atoms with Crippen molar-refractivity contribution in [2.75, 3.05) is 58.9 Å². The molecule has 0 aliphatic carbocycles. The highest BCUT2D eigenvalue weighted by molar-refractivity contribution is 5.74. The van der Waals surface area contributed by atoms with Gasteiger partial charge in [-0.3, -0.25) is 48.3 Å². The lowest BCUT2D eigenvalue weighted by Crippen LogP contribution is -2.45. The number of carbonyl (C=O) groups is 7. The van der Waals surface area contributed by atoms with Crippen LogP contribution in [0.15, 0.2) is 0 Å². The molecule has 0 spiro atoms. The fraction of sp³-hybridized carbons (Fsp3) is 0.860. The second-order valence-electron chi connectivity index (χ2n) is 18.0. The van der Waals surface area contributed by atoms with Crippen molar-refractivity contribution < 1.29 is 59.1 Å². The third kappa shape index (κ3) is 62.2. The third-order valence-corrected chi connectivity index (χ3v) is 11.3. The molecule has 0 saturated heterocycles. The van der Waals surface area contributed by atoms with Gasteiger partial charge in [0.25, 0.3) is 0 Å². The van der Waals surface area contributed by atoms with Crippen molar-refractivity contribution in [1.82, 2.24) is 14.7 Å². The van der Waals surface area contributed by atoms with Crippen molar-refractivity contribution in [2.45, 2.75) is 219 Å². The molecule has 0 aromatic carbocycles. The van der Waals surface area contributed by atoms with Crippen LogP contribution in [0.3, 0.4) is 0 Å². The van der Waals surface area contributed by atoms with Crippen molar-refractivity contribution >= 4 is 41.7 Å². The quantitative estimate of drug-likeness (QED) is 0.0281. The Morgan fingerprint density at radius 2 is 0.448 bits per heavy atom. The molecule has 0 aromatic rings. The van der Waals surface area contributed by atoms with Crippen molar-refractivity contribution in [3.8, 4) is 0 Å². The van der Waals surface area contributed by atoms with E-state index in [1.165, 1.54) is 185 Å². The molecule has 9 N–H and O–H groups in total. The summed E-state index contributed by atoms with van der Waals surface area (Å²) in [5.74, 6) is -6.46. The summed E-state index contributed by atoms with van der Waals surface area (Å²) in [6.07, 6.45) is 41.8. The van der Waals surface area contributed by atoms with Crippen molar-refractivity contribution in [3.05, 3.63) is 0 Å². The van der Waals surface area contributed by atoms with E-state index in [2.05, 4.69) is 13.8 Å². The van der Waals surface area contributed by atoms with Gasteiger partial charge in [-0.05, 0) is 12.8 Å². The summed E-state index contributed by atoms with van der Waals surface area (Å²) in [6, 6.07) is 0. The molecule has 394 valence electrons. The van der Waals surface area contributed by atoms with Crippen molar-refractivity contribution in [3.63, 3.8) is 0 Å². The van der Waals surface area contributed by atoms with E-state index in [-0.39, 0.29) is 38.0 Å². The van der Waals surface area contributed by atoms with Gasteiger partial charge < -0.3 is 37.0 Å². The standard InChI is InChI=1S/2C18H37NO.C14H23N3O10/c2*1-2-3-4-5-6-7-8-9-10-11-12-13-14-15-16-17-18(19)20;18-10(19)5-15(1-3-16(6-11(20)21)7-12(22)23)2-4-17(8-13(24)25)9-14(26)27/h2*2-17H2,1H3,(H2,19,20);1-9H2,(H,18,19)(H,20,21)(H,22,23)(H,24,25)(H,26,27). The predicted molar refractivity (Wildman–Crippen MR) is 265 cm³/mol. The molecule has 17 nitrogen and oxygen atoms in total. The first-order valence-corrected chi connectivity index (χ1v) is 25.9. The normalized spacial score (nSPS) is 10.9. The molecule has 0 fully saturated rings. The Hall–Kier alpha value is -3.83. The van der Waals surface area contributed by atoms with Crippen LogP contribution < -0.4 is 11.5 Å². The number of nitrogens with two attached hydrogens (primary N) is 2. The maximum absolute atomic E-state index is 11.0. The Balaban J connectivity index is -0.000000933. The second kappa shape index (κ2) is 51.6. The number of nitrogens with zero attached hydrogens (tertiary/aromatic N) is 3. The largest absolute Gasteiger partial charge is 0.480 e. The summed E-state index contributed by atoms with van der Waals surface area (Å²) in [7, 11) is 0. The van der Waals surface area contributed by atoms with Gasteiger partial charge in [0, 0.05) is 39.0 Å². The molecular weight excluding hydrogens is 863 g/mol. The second-order valence-corrected chi connectivity index (χ2v) is 18.0. The van der Waals surface area contributed by atoms with E-state index in [1.807, 2.05) is 0 Å². The van der Waals surface area contributed by atoms with Gasteiger partial charge in [-0.2, -0.15) is 0 Å². The first-order valence-electron chi connectivity index (χ1n) is 25.9. The van der Waals surface area contributed by atoms with Gasteiger partial charge in [-0.25, -0.2) is 0 Å². The van der Waals surface area contributed by atoms with E-state index in [4.69, 9.17) is 37.0 Å². The Morgan fingerprint density at radius 1 is 0.284 bits per heavy atom. The summed E-state index contributed by atoms with van der Waals surface area (Å²) in [4.78, 5) is 78.7. The maximum Gasteiger partial charge on any atom is 0.317 e. The van der Waals surface area contributed by atoms with E-state index >= 15 is 0 Å². The molecule has 67 heavy (non-hydrogen) atoms. The van der Waals surface area contributed by atoms with E-state index in [0.717, 1.165) is 22.6 Å². The minimum Gasteiger partial charge on any atom is -0.480 e. The molecule has 17 heteroatoms. The molecule has 0 aliphatic heterocycles. The Labute approximate surface area is 404 Å². The number of hydrogen-bond donors (Lipinski definition) is 7. The summed E-state index contributed by atoms with van der Waals surface area (Å²) in [5, 5.41) is 44.1. The molecule has 0 aliphatic rings. The lowest BCUT2D eigenvalue weighted by Gasteiger charge is -2.27. The number of carboxylic acids is 5. The molecule has 0 atom stereocenters. The number of primary amides is 2. The summed E-state index contributed by atoms with van der Waals surface area (Å²) >= 11 is 0. The zero-order valence-electron chi connectivity index (χ0n) is 42.1. The molecule has 0 rings (SSSR count). The maximum atomic E-state index is 11.0. The highest BCUT2D eigenvalue weighted by atomic mass is 16.4. The molecular formula is C50H97N5O12. The van der Waals surface area contributed by atoms with Crippen LogP contribution in [0.1, 0.15) is 219 Å². The van der Waals surface area contributed by atoms with Crippen molar-refractivity contribution in [1.29, 1.82) is 0 Å². The monoisotopic (exact) mass is 960 g/mol. The zero-order valence-corrected chi connectivity index (χ0v) is 42.1. The van der Waals surface area contributed by atoms with Crippen LogP contribution in [0, 0.1) is 0 Å². The zero-order chi connectivity index (χ0) is 50.8. The summed E-state index contributed by atoms with van der Waals surface area (Å²) < 4.78 is 0. The number of aliphatic carboxylic acids is 5. The van der Waals surface area contributed by atoms with Crippen molar-refractivity contribution in [2.24, 2.45) is 11.5 Å². The van der Waals surface area contributed by atoms with E-state index in [9.17, 15) is 33.6 Å². The van der Waals surface area contributed by atoms with Crippen LogP contribution in [0.5, 0.6) is 0 Å². The van der Waals surface area contributed by atoms with Crippen LogP contribution in [0.25, 0.3) is 0 Å². The molecule has 0 heterocycles. The fourth-order valence-electron chi connectivity index (χ4n) is 7.56. The van der Waals surface area contributed by atoms with E-state index < -0.39 is 62.6 Å². The van der Waals surface area contributed by atoms with Gasteiger partial charge in [0.1, 0.15) is 0 Å². The first kappa shape index (κ1) is 67.4. The highest BCUT2D eigenvalue weighted by Gasteiger charge is 2.19. The number of carbonyl (C=O) groups excluding carboxylic acids is 2. The predicted octanol–water partition coefficient (Wildman–Crippen LogP) is 8.78. The van der Waals surface area contributed by atoms with E-state index in [0.29, 0.717) is 12.8 Å². The lowest BCUT2D eigenvalue weighted by atomic mass is 10.0. The fourth-order valence-corrected chi connectivity index (χ4v) is 7.56. The van der Waals surface area contributed by atoms with Gasteiger partial charge in [0.05, 0.1) is 32.7 Å². The number of unbranched alkanes of at least 4 members (excludes halogenated alkanes) is 28. The van der Waals surface area contributed by atoms with Crippen LogP contribution in [-0.4, -0.2) is 141 Å². The average Bonchev–Trinajstić information content (AvgIpc) is 3.23. The molecule has 2 amide bonds. The number of carboxylic acid groups (broad SMARTS) is 5. The topological polar surface area (TPSA) is 282 Å². The van der Waals surface area contributed by atoms with Crippen LogP contribution >= 0.6 is 0 Å². The van der Waals surface area contributed by atoms with Gasteiger partial charge in [-0.15, -0.1) is 0 Å². The van der Waals surface area contributed by atoms with Crippen LogP contribution in [0.2, 0.25) is 0 Å². The lowest BCUT2D eigenvalue weighted by molar-refractivity contribution is -0.143. The average molecular weight is 960 g/mol. The van der Waals surface area contributed by atoms with Gasteiger partial charge >= 0.3 is 29.8 Å². The SMILES string of the molecule is CCCCCCCCCCCCCCCCCC(N)=O.CCCCCCCCCCCCCCCCCC(N)=O.O=C(O)CN(CCN(CC(=O)O)CC(=O)O)CCN(CC(=O)O)CC(=O)O. The van der Waals surface area contributed by atoms with Crippen LogP contribution in [0.4, 0.5) is 0 Å². The number of amides is 2. The van der Waals surface area contributed by atoms with Gasteiger partial charge in [0.15, 0.2) is 0 Å². The number of hydrogen-bond acceptors (Lipinski definition) is 10. The third-order valence-electron chi connectivity index (χ3n) is 11.3. The number of rotatable bonds is 48. The molecule has 0 bridgehead atoms. The minimum absolute atomic E-state index is 0.000836. The van der Waals surface area contributed by atoms with Crippen LogP contribution in [-0.2, 0) is 33.6 Å².